The monoisotopic (exact) mass is 320 g/mol. The van der Waals surface area contributed by atoms with Crippen molar-refractivity contribution in [2.24, 2.45) is 5.73 Å². The van der Waals surface area contributed by atoms with Crippen LogP contribution in [-0.2, 0) is 20.7 Å². The Labute approximate surface area is 138 Å². The quantitative estimate of drug-likeness (QED) is 0.751. The van der Waals surface area contributed by atoms with Gasteiger partial charge in [0.25, 0.3) is 0 Å². The van der Waals surface area contributed by atoms with Gasteiger partial charge in [0.1, 0.15) is 0 Å². The van der Waals surface area contributed by atoms with Crippen LogP contribution < -0.4 is 5.73 Å². The molecule has 5 heteroatoms. The van der Waals surface area contributed by atoms with Gasteiger partial charge in [0.2, 0.25) is 5.91 Å². The Kier molecular flexibility index (Phi) is 8.07. The van der Waals surface area contributed by atoms with E-state index in [0.717, 1.165) is 32.5 Å². The summed E-state index contributed by atoms with van der Waals surface area (Å²) in [5.41, 5.74) is 6.88. The summed E-state index contributed by atoms with van der Waals surface area (Å²) < 4.78 is 11.1. The van der Waals surface area contributed by atoms with Gasteiger partial charge in [-0.3, -0.25) is 4.79 Å². The molecule has 1 amide bonds. The molecule has 1 aliphatic heterocycles. The molecule has 1 fully saturated rings. The summed E-state index contributed by atoms with van der Waals surface area (Å²) in [6.07, 6.45) is 3.37. The highest BCUT2D eigenvalue weighted by molar-refractivity contribution is 5.76. The minimum atomic E-state index is 0.124. The van der Waals surface area contributed by atoms with E-state index in [1.165, 1.54) is 5.56 Å². The van der Waals surface area contributed by atoms with Crippen molar-refractivity contribution in [1.29, 1.82) is 0 Å². The minimum absolute atomic E-state index is 0.124. The average Bonchev–Trinajstić information content (AvgIpc) is 2.60. The first-order chi connectivity index (χ1) is 11.3. The van der Waals surface area contributed by atoms with Crippen LogP contribution in [-0.4, -0.2) is 56.4 Å². The number of amides is 1. The third kappa shape index (κ3) is 6.69. The Hall–Kier alpha value is -1.43. The molecule has 5 nitrogen and oxygen atoms in total. The normalized spacial score (nSPS) is 15.5. The number of nitrogens with zero attached hydrogens (tertiary/aromatic N) is 1. The summed E-state index contributed by atoms with van der Waals surface area (Å²) in [6.45, 7) is 3.79. The van der Waals surface area contributed by atoms with Crippen LogP contribution in [0.4, 0.5) is 0 Å². The lowest BCUT2D eigenvalue weighted by Crippen LogP contribution is -2.37. The summed E-state index contributed by atoms with van der Waals surface area (Å²) in [4.78, 5) is 14.2. The Bertz CT molecular complexity index is 447. The number of hydrogen-bond donors (Lipinski definition) is 1. The first-order valence-corrected chi connectivity index (χ1v) is 8.50. The highest BCUT2D eigenvalue weighted by Gasteiger charge is 2.16. The molecule has 0 spiro atoms. The third-order valence-electron chi connectivity index (χ3n) is 4.10. The molecule has 0 aromatic heterocycles. The summed E-state index contributed by atoms with van der Waals surface area (Å²) in [7, 11) is 0. The van der Waals surface area contributed by atoms with Crippen LogP contribution in [0.1, 0.15) is 24.8 Å². The van der Waals surface area contributed by atoms with Crippen LogP contribution in [0.25, 0.3) is 0 Å². The zero-order valence-corrected chi connectivity index (χ0v) is 13.8. The standard InChI is InChI=1S/C18H28N2O3/c19-10-12-20(11-6-16-4-2-1-3-5-16)18(21)9-15-23-17-7-13-22-14-8-17/h1-5,17H,6-15,19H2. The smallest absolute Gasteiger partial charge is 0.224 e. The van der Waals surface area contributed by atoms with Gasteiger partial charge in [-0.15, -0.1) is 0 Å². The molecule has 0 unspecified atom stereocenters. The first kappa shape index (κ1) is 17.9. The number of nitrogens with two attached hydrogens (primary N) is 1. The molecular weight excluding hydrogens is 292 g/mol. The van der Waals surface area contributed by atoms with E-state index in [0.29, 0.717) is 32.7 Å². The number of carbonyl (C=O) groups is 1. The van der Waals surface area contributed by atoms with Crippen LogP contribution in [0.2, 0.25) is 0 Å². The Morgan fingerprint density at radius 3 is 2.65 bits per heavy atom. The molecule has 0 bridgehead atoms. The van der Waals surface area contributed by atoms with Crippen LogP contribution in [0, 0.1) is 0 Å². The van der Waals surface area contributed by atoms with Gasteiger partial charge in [-0.25, -0.2) is 0 Å². The molecule has 0 atom stereocenters. The molecule has 0 radical (unpaired) electrons. The number of rotatable bonds is 9. The Morgan fingerprint density at radius 2 is 1.96 bits per heavy atom. The van der Waals surface area contributed by atoms with Crippen LogP contribution >= 0.6 is 0 Å². The Balaban J connectivity index is 1.71. The summed E-state index contributed by atoms with van der Waals surface area (Å²) in [6, 6.07) is 10.2. The molecule has 1 aromatic carbocycles. The van der Waals surface area contributed by atoms with Crippen molar-refractivity contribution in [2.45, 2.75) is 31.8 Å². The molecule has 1 aromatic rings. The SMILES string of the molecule is NCCN(CCc1ccccc1)C(=O)CCOC1CCOCC1. The lowest BCUT2D eigenvalue weighted by atomic mass is 10.1. The van der Waals surface area contributed by atoms with Crippen molar-refractivity contribution in [3.63, 3.8) is 0 Å². The van der Waals surface area contributed by atoms with Gasteiger partial charge in [0, 0.05) is 32.8 Å². The van der Waals surface area contributed by atoms with E-state index in [-0.39, 0.29) is 12.0 Å². The van der Waals surface area contributed by atoms with Gasteiger partial charge < -0.3 is 20.1 Å². The molecule has 2 rings (SSSR count). The van der Waals surface area contributed by atoms with E-state index in [1.54, 1.807) is 0 Å². The highest BCUT2D eigenvalue weighted by atomic mass is 16.5. The zero-order chi connectivity index (χ0) is 16.3. The van der Waals surface area contributed by atoms with E-state index in [1.807, 2.05) is 23.1 Å². The molecule has 2 N–H and O–H groups in total. The lowest BCUT2D eigenvalue weighted by molar-refractivity contribution is -0.133. The summed E-state index contributed by atoms with van der Waals surface area (Å²) in [5.74, 6) is 0.124. The second-order valence-corrected chi connectivity index (χ2v) is 5.84. The molecule has 1 heterocycles. The van der Waals surface area contributed by atoms with Gasteiger partial charge in [0.05, 0.1) is 19.1 Å². The van der Waals surface area contributed by atoms with E-state index < -0.39 is 0 Å². The van der Waals surface area contributed by atoms with Crippen molar-refractivity contribution in [3.8, 4) is 0 Å². The predicted octanol–water partition coefficient (Wildman–Crippen LogP) is 1.60. The molecule has 1 aliphatic rings. The molecule has 128 valence electrons. The van der Waals surface area contributed by atoms with E-state index in [9.17, 15) is 4.79 Å². The summed E-state index contributed by atoms with van der Waals surface area (Å²) in [5, 5.41) is 0. The van der Waals surface area contributed by atoms with Crippen LogP contribution in [0.15, 0.2) is 30.3 Å². The fourth-order valence-corrected chi connectivity index (χ4v) is 2.74. The lowest BCUT2D eigenvalue weighted by Gasteiger charge is -2.24. The first-order valence-electron chi connectivity index (χ1n) is 8.50. The van der Waals surface area contributed by atoms with Crippen molar-refractivity contribution >= 4 is 5.91 Å². The fraction of sp³-hybridized carbons (Fsp3) is 0.611. The van der Waals surface area contributed by atoms with E-state index in [2.05, 4.69) is 12.1 Å². The largest absolute Gasteiger partial charge is 0.381 e. The van der Waals surface area contributed by atoms with Crippen molar-refractivity contribution < 1.29 is 14.3 Å². The van der Waals surface area contributed by atoms with Gasteiger partial charge in [0.15, 0.2) is 0 Å². The topological polar surface area (TPSA) is 64.8 Å². The van der Waals surface area contributed by atoms with E-state index in [4.69, 9.17) is 15.2 Å². The number of hydrogen-bond acceptors (Lipinski definition) is 4. The fourth-order valence-electron chi connectivity index (χ4n) is 2.74. The maximum Gasteiger partial charge on any atom is 0.224 e. The predicted molar refractivity (Wildman–Crippen MR) is 90.2 cm³/mol. The second-order valence-electron chi connectivity index (χ2n) is 5.84. The molecule has 23 heavy (non-hydrogen) atoms. The van der Waals surface area contributed by atoms with Gasteiger partial charge in [-0.1, -0.05) is 30.3 Å². The van der Waals surface area contributed by atoms with Crippen LogP contribution in [0.3, 0.4) is 0 Å². The van der Waals surface area contributed by atoms with Crippen molar-refractivity contribution in [3.05, 3.63) is 35.9 Å². The molecule has 1 saturated heterocycles. The highest BCUT2D eigenvalue weighted by Crippen LogP contribution is 2.11. The third-order valence-corrected chi connectivity index (χ3v) is 4.10. The van der Waals surface area contributed by atoms with Gasteiger partial charge in [-0.2, -0.15) is 0 Å². The van der Waals surface area contributed by atoms with Crippen LogP contribution in [0.5, 0.6) is 0 Å². The van der Waals surface area contributed by atoms with Crippen molar-refractivity contribution in [2.75, 3.05) is 39.5 Å². The second kappa shape index (κ2) is 10.4. The average molecular weight is 320 g/mol. The van der Waals surface area contributed by atoms with Gasteiger partial charge >= 0.3 is 0 Å². The van der Waals surface area contributed by atoms with E-state index >= 15 is 0 Å². The number of benzene rings is 1. The zero-order valence-electron chi connectivity index (χ0n) is 13.8. The molecule has 0 saturated carbocycles. The number of ether oxygens (including phenoxy) is 2. The minimum Gasteiger partial charge on any atom is -0.381 e. The maximum absolute atomic E-state index is 12.4. The van der Waals surface area contributed by atoms with Gasteiger partial charge in [-0.05, 0) is 24.8 Å². The number of carbonyl (C=O) groups excluding carboxylic acids is 1. The molecular formula is C18H28N2O3. The Morgan fingerprint density at radius 1 is 1.22 bits per heavy atom. The maximum atomic E-state index is 12.4. The summed E-state index contributed by atoms with van der Waals surface area (Å²) >= 11 is 0. The molecule has 0 aliphatic carbocycles. The van der Waals surface area contributed by atoms with Crippen molar-refractivity contribution in [1.82, 2.24) is 4.90 Å².